The molecule has 8 heavy (non-hydrogen) atoms. The Kier molecular flexibility index (Phi) is 3.92. The van der Waals surface area contributed by atoms with Crippen LogP contribution in [0.15, 0.2) is 10.6 Å². The van der Waals surface area contributed by atoms with Gasteiger partial charge in [0.25, 0.3) is 0 Å². The summed E-state index contributed by atoms with van der Waals surface area (Å²) in [5, 5.41) is 0.871. The molecule has 0 unspecified atom stereocenters. The standard InChI is InChI=1S/C6H12ClN/c1-5(3-4-8)6(2)7/h3-4,8H2,1-2H3/b6-5-. The lowest BCUT2D eigenvalue weighted by Gasteiger charge is -1.96. The molecule has 1 nitrogen and oxygen atoms in total. The molecule has 0 bridgehead atoms. The third-order valence-corrected chi connectivity index (χ3v) is 1.43. The lowest BCUT2D eigenvalue weighted by molar-refractivity contribution is 0.944. The number of nitrogens with two attached hydrogens (primary N) is 1. The average molecular weight is 134 g/mol. The van der Waals surface area contributed by atoms with Gasteiger partial charge in [-0.3, -0.25) is 0 Å². The molecular weight excluding hydrogens is 122 g/mol. The summed E-state index contributed by atoms with van der Waals surface area (Å²) in [5.74, 6) is 0. The van der Waals surface area contributed by atoms with Crippen LogP contribution in [-0.2, 0) is 0 Å². The van der Waals surface area contributed by atoms with Crippen LogP contribution in [0.1, 0.15) is 20.3 Å². The molecule has 2 N–H and O–H groups in total. The van der Waals surface area contributed by atoms with E-state index in [1.54, 1.807) is 0 Å². The van der Waals surface area contributed by atoms with Crippen LogP contribution >= 0.6 is 11.6 Å². The van der Waals surface area contributed by atoms with Gasteiger partial charge in [-0.05, 0) is 26.8 Å². The van der Waals surface area contributed by atoms with E-state index in [4.69, 9.17) is 17.3 Å². The van der Waals surface area contributed by atoms with Gasteiger partial charge in [0.1, 0.15) is 0 Å². The second-order valence-electron chi connectivity index (χ2n) is 1.85. The second-order valence-corrected chi connectivity index (χ2v) is 2.42. The molecule has 48 valence electrons. The molecule has 0 saturated carbocycles. The van der Waals surface area contributed by atoms with Crippen molar-refractivity contribution in [3.05, 3.63) is 10.6 Å². The van der Waals surface area contributed by atoms with Crippen molar-refractivity contribution in [3.63, 3.8) is 0 Å². The van der Waals surface area contributed by atoms with Crippen molar-refractivity contribution in [2.75, 3.05) is 6.54 Å². The fourth-order valence-electron chi connectivity index (χ4n) is 0.389. The Morgan fingerprint density at radius 3 is 2.12 bits per heavy atom. The van der Waals surface area contributed by atoms with E-state index in [-0.39, 0.29) is 0 Å². The van der Waals surface area contributed by atoms with Crippen LogP contribution in [0.3, 0.4) is 0 Å². The van der Waals surface area contributed by atoms with E-state index in [2.05, 4.69) is 0 Å². The largest absolute Gasteiger partial charge is 0.330 e. The monoisotopic (exact) mass is 133 g/mol. The molecule has 0 aliphatic carbocycles. The second kappa shape index (κ2) is 3.93. The van der Waals surface area contributed by atoms with E-state index in [0.29, 0.717) is 6.54 Å². The normalized spacial score (nSPS) is 13.5. The van der Waals surface area contributed by atoms with Crippen molar-refractivity contribution in [2.45, 2.75) is 20.3 Å². The summed E-state index contributed by atoms with van der Waals surface area (Å²) in [7, 11) is 0. The van der Waals surface area contributed by atoms with Crippen LogP contribution in [-0.4, -0.2) is 6.54 Å². The Morgan fingerprint density at radius 1 is 1.50 bits per heavy atom. The molecule has 0 aromatic carbocycles. The van der Waals surface area contributed by atoms with E-state index in [1.165, 1.54) is 5.57 Å². The molecule has 0 radical (unpaired) electrons. The van der Waals surface area contributed by atoms with Crippen molar-refractivity contribution in [2.24, 2.45) is 5.73 Å². The minimum Gasteiger partial charge on any atom is -0.330 e. The Bertz CT molecular complexity index is 92.7. The summed E-state index contributed by atoms with van der Waals surface area (Å²) in [6, 6.07) is 0. The summed E-state index contributed by atoms with van der Waals surface area (Å²) >= 11 is 5.63. The van der Waals surface area contributed by atoms with Crippen molar-refractivity contribution in [3.8, 4) is 0 Å². The molecule has 2 heteroatoms. The first-order chi connectivity index (χ1) is 3.68. The summed E-state index contributed by atoms with van der Waals surface area (Å²) in [6.07, 6.45) is 0.912. The van der Waals surface area contributed by atoms with Gasteiger partial charge < -0.3 is 5.73 Å². The predicted octanol–water partition coefficient (Wildman–Crippen LogP) is 1.87. The highest BCUT2D eigenvalue weighted by Gasteiger charge is 1.89. The molecule has 0 amide bonds. The summed E-state index contributed by atoms with van der Waals surface area (Å²) in [4.78, 5) is 0. The van der Waals surface area contributed by atoms with Gasteiger partial charge in [-0.2, -0.15) is 0 Å². The molecule has 0 aliphatic rings. The third kappa shape index (κ3) is 3.05. The van der Waals surface area contributed by atoms with Crippen LogP contribution in [0, 0.1) is 0 Å². The van der Waals surface area contributed by atoms with Crippen LogP contribution in [0.2, 0.25) is 0 Å². The van der Waals surface area contributed by atoms with Gasteiger partial charge in [-0.15, -0.1) is 0 Å². The number of halogens is 1. The highest BCUT2D eigenvalue weighted by atomic mass is 35.5. The minimum atomic E-state index is 0.690. The van der Waals surface area contributed by atoms with Gasteiger partial charge in [0.15, 0.2) is 0 Å². The van der Waals surface area contributed by atoms with Crippen LogP contribution in [0.4, 0.5) is 0 Å². The zero-order valence-electron chi connectivity index (χ0n) is 5.37. The smallest absolute Gasteiger partial charge is 0.0139 e. The lowest BCUT2D eigenvalue weighted by Crippen LogP contribution is -1.98. The van der Waals surface area contributed by atoms with E-state index in [1.807, 2.05) is 13.8 Å². The van der Waals surface area contributed by atoms with Gasteiger partial charge in [-0.1, -0.05) is 17.2 Å². The van der Waals surface area contributed by atoms with Crippen LogP contribution in [0.5, 0.6) is 0 Å². The number of hydrogen-bond donors (Lipinski definition) is 1. The minimum absolute atomic E-state index is 0.690. The maximum atomic E-state index is 5.63. The summed E-state index contributed by atoms with van der Waals surface area (Å²) in [6.45, 7) is 4.57. The predicted molar refractivity (Wildman–Crippen MR) is 37.9 cm³/mol. The molecule has 0 aliphatic heterocycles. The van der Waals surface area contributed by atoms with E-state index in [9.17, 15) is 0 Å². The molecule has 0 aromatic heterocycles. The van der Waals surface area contributed by atoms with Crippen LogP contribution in [0.25, 0.3) is 0 Å². The first-order valence-corrected chi connectivity index (χ1v) is 3.08. The van der Waals surface area contributed by atoms with Crippen molar-refractivity contribution in [1.29, 1.82) is 0 Å². The molecule has 0 saturated heterocycles. The number of allylic oxidation sites excluding steroid dienone is 1. The molecule has 0 heterocycles. The lowest BCUT2D eigenvalue weighted by atomic mass is 10.2. The van der Waals surface area contributed by atoms with E-state index in [0.717, 1.165) is 11.5 Å². The highest BCUT2D eigenvalue weighted by Crippen LogP contribution is 2.09. The first kappa shape index (κ1) is 7.99. The number of rotatable bonds is 2. The van der Waals surface area contributed by atoms with E-state index >= 15 is 0 Å². The Balaban J connectivity index is 3.62. The van der Waals surface area contributed by atoms with Gasteiger partial charge in [0, 0.05) is 5.03 Å². The first-order valence-electron chi connectivity index (χ1n) is 2.70. The summed E-state index contributed by atoms with van der Waals surface area (Å²) < 4.78 is 0. The molecular formula is C6H12ClN. The Hall–Kier alpha value is -0.0100. The van der Waals surface area contributed by atoms with Gasteiger partial charge >= 0.3 is 0 Å². The topological polar surface area (TPSA) is 26.0 Å². The zero-order chi connectivity index (χ0) is 6.57. The fraction of sp³-hybridized carbons (Fsp3) is 0.667. The van der Waals surface area contributed by atoms with Gasteiger partial charge in [0.2, 0.25) is 0 Å². The maximum Gasteiger partial charge on any atom is 0.0139 e. The quantitative estimate of drug-likeness (QED) is 0.612. The Labute approximate surface area is 55.5 Å². The van der Waals surface area contributed by atoms with Gasteiger partial charge in [0.05, 0.1) is 0 Å². The third-order valence-electron chi connectivity index (χ3n) is 1.11. The molecule has 0 aromatic rings. The average Bonchev–Trinajstić information content (AvgIpc) is 1.67. The SMILES string of the molecule is C/C(Cl)=C(\C)CCN. The van der Waals surface area contributed by atoms with Crippen molar-refractivity contribution < 1.29 is 0 Å². The zero-order valence-corrected chi connectivity index (χ0v) is 6.13. The van der Waals surface area contributed by atoms with Gasteiger partial charge in [-0.25, -0.2) is 0 Å². The molecule has 0 spiro atoms. The molecule has 0 rings (SSSR count). The maximum absolute atomic E-state index is 5.63. The summed E-state index contributed by atoms with van der Waals surface area (Å²) in [5.41, 5.74) is 6.46. The molecule has 0 atom stereocenters. The number of hydrogen-bond acceptors (Lipinski definition) is 1. The molecule has 0 fully saturated rings. The Morgan fingerprint density at radius 2 is 2.00 bits per heavy atom. The van der Waals surface area contributed by atoms with E-state index < -0.39 is 0 Å². The highest BCUT2D eigenvalue weighted by molar-refractivity contribution is 6.29. The van der Waals surface area contributed by atoms with Crippen molar-refractivity contribution >= 4 is 11.6 Å². The fourth-order valence-corrected chi connectivity index (χ4v) is 0.483. The van der Waals surface area contributed by atoms with Crippen molar-refractivity contribution in [1.82, 2.24) is 0 Å². The van der Waals surface area contributed by atoms with Crippen LogP contribution < -0.4 is 5.73 Å².